The topological polar surface area (TPSA) is 65.5 Å². The second-order valence-electron chi connectivity index (χ2n) is 5.98. The van der Waals surface area contributed by atoms with E-state index < -0.39 is 0 Å². The van der Waals surface area contributed by atoms with Crippen molar-refractivity contribution in [3.05, 3.63) is 81.1 Å². The fraction of sp³-hybridized carbons (Fsp3) is 0.0500. The molecule has 1 aliphatic rings. The highest BCUT2D eigenvalue weighted by atomic mass is 35.5. The van der Waals surface area contributed by atoms with Gasteiger partial charge in [0.2, 0.25) is 0 Å². The van der Waals surface area contributed by atoms with Crippen LogP contribution in [0.5, 0.6) is 0 Å². The van der Waals surface area contributed by atoms with Crippen LogP contribution in [0.25, 0.3) is 17.0 Å². The third kappa shape index (κ3) is 2.82. The van der Waals surface area contributed by atoms with Crippen LogP contribution < -0.4 is 10.6 Å². The van der Waals surface area contributed by atoms with Crippen LogP contribution in [0, 0.1) is 0 Å². The van der Waals surface area contributed by atoms with Gasteiger partial charge < -0.3 is 4.98 Å². The summed E-state index contributed by atoms with van der Waals surface area (Å²) < 4.78 is 0. The van der Waals surface area contributed by atoms with Crippen LogP contribution in [0.3, 0.4) is 0 Å². The number of amides is 1. The molecule has 3 aromatic rings. The number of hydrogen-bond acceptors (Lipinski definition) is 3. The highest BCUT2D eigenvalue weighted by Crippen LogP contribution is 2.26. The minimum atomic E-state index is -0.294. The van der Waals surface area contributed by atoms with Gasteiger partial charge in [0.15, 0.2) is 0 Å². The number of rotatable bonds is 2. The van der Waals surface area contributed by atoms with Crippen molar-refractivity contribution in [2.24, 2.45) is 5.10 Å². The molecule has 1 amide bonds. The van der Waals surface area contributed by atoms with E-state index in [1.807, 2.05) is 24.3 Å². The smallest absolute Gasteiger partial charge is 0.280 e. The van der Waals surface area contributed by atoms with Crippen molar-refractivity contribution in [3.63, 3.8) is 0 Å². The predicted octanol–water partition coefficient (Wildman–Crippen LogP) is 3.99. The van der Waals surface area contributed by atoms with Crippen LogP contribution in [-0.4, -0.2) is 16.6 Å². The maximum Gasteiger partial charge on any atom is 0.280 e. The van der Waals surface area contributed by atoms with E-state index in [-0.39, 0.29) is 11.5 Å². The number of aromatic nitrogens is 1. The van der Waals surface area contributed by atoms with Crippen molar-refractivity contribution in [1.82, 2.24) is 4.98 Å². The first kappa shape index (κ1) is 16.3. The van der Waals surface area contributed by atoms with E-state index in [1.54, 1.807) is 43.3 Å². The van der Waals surface area contributed by atoms with Gasteiger partial charge in [-0.2, -0.15) is 10.1 Å². The molecule has 0 aliphatic carbocycles. The van der Waals surface area contributed by atoms with Crippen molar-refractivity contribution in [2.75, 3.05) is 5.01 Å². The quantitative estimate of drug-likeness (QED) is 0.700. The second-order valence-corrected chi connectivity index (χ2v) is 6.42. The number of fused-ring (bicyclic) bond motifs is 1. The molecule has 0 unspecified atom stereocenters. The Bertz CT molecular complexity index is 1160. The third-order valence-electron chi connectivity index (χ3n) is 4.20. The lowest BCUT2D eigenvalue weighted by molar-refractivity contribution is -0.114. The molecular formula is C20H14ClN3O2. The largest absolute Gasteiger partial charge is 0.321 e. The zero-order valence-electron chi connectivity index (χ0n) is 13.9. The number of carbonyl (C=O) groups excluding carboxylic acids is 1. The molecule has 128 valence electrons. The highest BCUT2D eigenvalue weighted by molar-refractivity contribution is 6.33. The zero-order valence-corrected chi connectivity index (χ0v) is 14.6. The number of anilines is 1. The third-order valence-corrected chi connectivity index (χ3v) is 4.43. The number of H-pyrrole nitrogens is 1. The summed E-state index contributed by atoms with van der Waals surface area (Å²) in [5.74, 6) is -0.294. The number of aromatic amines is 1. The molecule has 1 aromatic heterocycles. The molecule has 2 heterocycles. The van der Waals surface area contributed by atoms with Gasteiger partial charge in [-0.05, 0) is 48.7 Å². The molecule has 2 aromatic carbocycles. The molecule has 1 aliphatic heterocycles. The van der Waals surface area contributed by atoms with Gasteiger partial charge in [0, 0.05) is 16.1 Å². The van der Waals surface area contributed by atoms with Gasteiger partial charge in [0.05, 0.1) is 17.0 Å². The van der Waals surface area contributed by atoms with Crippen LogP contribution in [0.2, 0.25) is 5.02 Å². The lowest BCUT2D eigenvalue weighted by Crippen LogP contribution is -2.21. The molecule has 0 atom stereocenters. The number of pyridine rings is 1. The fourth-order valence-corrected chi connectivity index (χ4v) is 3.08. The van der Waals surface area contributed by atoms with Crippen molar-refractivity contribution in [1.29, 1.82) is 0 Å². The first-order chi connectivity index (χ1) is 12.5. The summed E-state index contributed by atoms with van der Waals surface area (Å²) in [6.45, 7) is 1.74. The molecule has 0 radical (unpaired) electrons. The Kier molecular flexibility index (Phi) is 3.93. The van der Waals surface area contributed by atoms with Gasteiger partial charge in [-0.1, -0.05) is 35.9 Å². The number of hydrogen-bond donors (Lipinski definition) is 1. The Balaban J connectivity index is 1.77. The van der Waals surface area contributed by atoms with Gasteiger partial charge in [-0.3, -0.25) is 9.59 Å². The fourth-order valence-electron chi connectivity index (χ4n) is 2.89. The van der Waals surface area contributed by atoms with Crippen LogP contribution >= 0.6 is 11.6 Å². The van der Waals surface area contributed by atoms with Gasteiger partial charge in [-0.15, -0.1) is 0 Å². The Hall–Kier alpha value is -3.18. The maximum atomic E-state index is 12.8. The first-order valence-corrected chi connectivity index (χ1v) is 8.40. The highest BCUT2D eigenvalue weighted by Gasteiger charge is 2.29. The van der Waals surface area contributed by atoms with Gasteiger partial charge >= 0.3 is 0 Å². The van der Waals surface area contributed by atoms with E-state index in [0.29, 0.717) is 27.6 Å². The number of halogens is 1. The molecule has 5 nitrogen and oxygen atoms in total. The zero-order chi connectivity index (χ0) is 18.3. The summed E-state index contributed by atoms with van der Waals surface area (Å²) in [5.41, 5.74) is 2.42. The second kappa shape index (κ2) is 6.28. The summed E-state index contributed by atoms with van der Waals surface area (Å²) in [6, 6.07) is 16.2. The minimum absolute atomic E-state index is 0.252. The normalized spacial score (nSPS) is 15.8. The summed E-state index contributed by atoms with van der Waals surface area (Å²) in [4.78, 5) is 28.0. The van der Waals surface area contributed by atoms with E-state index in [1.165, 1.54) is 5.01 Å². The van der Waals surface area contributed by atoms with Crippen LogP contribution in [0.4, 0.5) is 5.69 Å². The lowest BCUT2D eigenvalue weighted by atomic mass is 10.1. The van der Waals surface area contributed by atoms with E-state index in [0.717, 1.165) is 10.9 Å². The molecule has 0 saturated heterocycles. The summed E-state index contributed by atoms with van der Waals surface area (Å²) in [5, 5.41) is 7.02. The van der Waals surface area contributed by atoms with Crippen molar-refractivity contribution >= 4 is 45.9 Å². The van der Waals surface area contributed by atoms with E-state index in [4.69, 9.17) is 11.6 Å². The van der Waals surface area contributed by atoms with Crippen molar-refractivity contribution < 1.29 is 4.79 Å². The molecule has 0 fully saturated rings. The summed E-state index contributed by atoms with van der Waals surface area (Å²) in [6.07, 6.45) is 1.58. The SMILES string of the molecule is CC1=NN(c2cccc(Cl)c2)C(=O)/C1=C/c1cc2ccccc2[nH]c1=O. The molecule has 0 bridgehead atoms. The number of nitrogens with one attached hydrogen (secondary N) is 1. The number of carbonyl (C=O) groups is 1. The van der Waals surface area contributed by atoms with E-state index in [9.17, 15) is 9.59 Å². The molecule has 4 rings (SSSR count). The van der Waals surface area contributed by atoms with Crippen molar-refractivity contribution in [3.8, 4) is 0 Å². The monoisotopic (exact) mass is 363 g/mol. The lowest BCUT2D eigenvalue weighted by Gasteiger charge is -2.11. The number of hydrazone groups is 1. The molecule has 6 heteroatoms. The van der Waals surface area contributed by atoms with E-state index in [2.05, 4.69) is 10.1 Å². The molecular weight excluding hydrogens is 350 g/mol. The molecule has 1 N–H and O–H groups in total. The predicted molar refractivity (Wildman–Crippen MR) is 105 cm³/mol. The van der Waals surface area contributed by atoms with E-state index >= 15 is 0 Å². The minimum Gasteiger partial charge on any atom is -0.321 e. The molecule has 0 saturated carbocycles. The number of benzene rings is 2. The van der Waals surface area contributed by atoms with Crippen LogP contribution in [0.15, 0.2) is 70.1 Å². The maximum absolute atomic E-state index is 12.8. The van der Waals surface area contributed by atoms with Gasteiger partial charge in [0.1, 0.15) is 0 Å². The van der Waals surface area contributed by atoms with Crippen LogP contribution in [0.1, 0.15) is 12.5 Å². The number of para-hydroxylation sites is 1. The van der Waals surface area contributed by atoms with Crippen molar-refractivity contribution in [2.45, 2.75) is 6.92 Å². The Morgan fingerprint density at radius 3 is 2.69 bits per heavy atom. The first-order valence-electron chi connectivity index (χ1n) is 8.02. The summed E-state index contributed by atoms with van der Waals surface area (Å²) >= 11 is 6.00. The van der Waals surface area contributed by atoms with Gasteiger partial charge in [-0.25, -0.2) is 0 Å². The van der Waals surface area contributed by atoms with Crippen LogP contribution in [-0.2, 0) is 4.79 Å². The summed E-state index contributed by atoms with van der Waals surface area (Å²) in [7, 11) is 0. The Morgan fingerprint density at radius 2 is 1.88 bits per heavy atom. The molecule has 0 spiro atoms. The average molecular weight is 364 g/mol. The molecule has 26 heavy (non-hydrogen) atoms. The Labute approximate surface area is 154 Å². The average Bonchev–Trinajstić information content (AvgIpc) is 2.90. The standard InChI is InChI=1S/C20H14ClN3O2/c1-12-17(20(26)24(23-12)16-7-4-6-15(21)11-16)10-14-9-13-5-2-3-8-18(13)22-19(14)25/h2-11H,1H3,(H,22,25)/b17-10+. The Morgan fingerprint density at radius 1 is 1.08 bits per heavy atom. The number of nitrogens with zero attached hydrogens (tertiary/aromatic N) is 2. The van der Waals surface area contributed by atoms with Gasteiger partial charge in [0.25, 0.3) is 11.5 Å².